The molecule has 1 aromatic heterocycles. The van der Waals surface area contributed by atoms with Gasteiger partial charge in [-0.3, -0.25) is 0 Å². The molecule has 3 aromatic rings. The topological polar surface area (TPSA) is 69.4 Å². The summed E-state index contributed by atoms with van der Waals surface area (Å²) >= 11 is 6.17. The number of benzene rings is 2. The number of nitrogens with zero attached hydrogens (tertiary/aromatic N) is 3. The Morgan fingerprint density at radius 1 is 1.23 bits per heavy atom. The Labute approximate surface area is 156 Å². The fourth-order valence-corrected chi connectivity index (χ4v) is 3.48. The second kappa shape index (κ2) is 6.49. The minimum Gasteiger partial charge on any atom is -0.497 e. The van der Waals surface area contributed by atoms with E-state index >= 15 is 0 Å². The molecular formula is C20H16ClN3O2. The SMILES string of the molecule is COc1ccc2c(N3CC(O)C3)nc(C#N)c(-c3cccc(Cl)c3)c2c1. The van der Waals surface area contributed by atoms with Crippen LogP contribution < -0.4 is 9.64 Å². The number of hydrogen-bond donors (Lipinski definition) is 1. The van der Waals surface area contributed by atoms with Crippen molar-refractivity contribution >= 4 is 28.2 Å². The average molecular weight is 366 g/mol. The van der Waals surface area contributed by atoms with E-state index in [1.807, 2.05) is 41.3 Å². The molecule has 0 amide bonds. The van der Waals surface area contributed by atoms with Crippen molar-refractivity contribution in [1.82, 2.24) is 4.98 Å². The Bertz CT molecular complexity index is 1040. The summed E-state index contributed by atoms with van der Waals surface area (Å²) in [5, 5.41) is 21.8. The highest BCUT2D eigenvalue weighted by Crippen LogP contribution is 2.39. The summed E-state index contributed by atoms with van der Waals surface area (Å²) in [6.07, 6.45) is -0.358. The Morgan fingerprint density at radius 2 is 2.04 bits per heavy atom. The van der Waals surface area contributed by atoms with Gasteiger partial charge < -0.3 is 14.7 Å². The Hall–Kier alpha value is -2.81. The van der Waals surface area contributed by atoms with Gasteiger partial charge in [-0.1, -0.05) is 23.7 Å². The lowest BCUT2D eigenvalue weighted by atomic mass is 9.96. The first-order valence-electron chi connectivity index (χ1n) is 8.21. The van der Waals surface area contributed by atoms with Gasteiger partial charge in [0.15, 0.2) is 5.69 Å². The van der Waals surface area contributed by atoms with Gasteiger partial charge in [-0.25, -0.2) is 4.98 Å². The number of aliphatic hydroxyl groups is 1. The van der Waals surface area contributed by atoms with Crippen molar-refractivity contribution in [1.29, 1.82) is 5.26 Å². The van der Waals surface area contributed by atoms with Gasteiger partial charge in [0, 0.05) is 29.1 Å². The maximum atomic E-state index is 9.74. The van der Waals surface area contributed by atoms with Gasteiger partial charge in [-0.05, 0) is 41.3 Å². The van der Waals surface area contributed by atoms with E-state index < -0.39 is 0 Å². The van der Waals surface area contributed by atoms with Gasteiger partial charge in [0.1, 0.15) is 17.6 Å². The van der Waals surface area contributed by atoms with Crippen LogP contribution in [0.25, 0.3) is 21.9 Å². The number of β-amino-alcohol motifs (C(OH)–C–C–N with tert-alkyl or cyclic N) is 1. The molecule has 0 aliphatic carbocycles. The van der Waals surface area contributed by atoms with Crippen LogP contribution in [-0.4, -0.2) is 36.4 Å². The Kier molecular flexibility index (Phi) is 4.15. The first kappa shape index (κ1) is 16.6. The molecule has 130 valence electrons. The number of hydrogen-bond acceptors (Lipinski definition) is 5. The molecule has 0 saturated carbocycles. The molecule has 0 unspecified atom stereocenters. The average Bonchev–Trinajstić information content (AvgIpc) is 2.63. The van der Waals surface area contributed by atoms with E-state index in [4.69, 9.17) is 16.3 Å². The summed E-state index contributed by atoms with van der Waals surface area (Å²) in [5.74, 6) is 1.40. The lowest BCUT2D eigenvalue weighted by Gasteiger charge is -2.37. The number of ether oxygens (including phenoxy) is 1. The van der Waals surface area contributed by atoms with Crippen molar-refractivity contribution in [2.45, 2.75) is 6.10 Å². The van der Waals surface area contributed by atoms with Crippen LogP contribution in [0.3, 0.4) is 0 Å². The molecule has 1 saturated heterocycles. The molecule has 0 bridgehead atoms. The summed E-state index contributed by atoms with van der Waals surface area (Å²) in [6.45, 7) is 1.02. The molecule has 0 radical (unpaired) electrons. The van der Waals surface area contributed by atoms with Crippen molar-refractivity contribution in [3.63, 3.8) is 0 Å². The lowest BCUT2D eigenvalue weighted by molar-refractivity contribution is 0.141. The summed E-state index contributed by atoms with van der Waals surface area (Å²) in [7, 11) is 1.61. The van der Waals surface area contributed by atoms with E-state index in [2.05, 4.69) is 11.1 Å². The number of anilines is 1. The van der Waals surface area contributed by atoms with Crippen molar-refractivity contribution < 1.29 is 9.84 Å². The third-order valence-corrected chi connectivity index (χ3v) is 4.81. The van der Waals surface area contributed by atoms with Crippen LogP contribution in [0.5, 0.6) is 5.75 Å². The Balaban J connectivity index is 2.04. The van der Waals surface area contributed by atoms with Gasteiger partial charge in [-0.2, -0.15) is 5.26 Å². The molecule has 5 nitrogen and oxygen atoms in total. The van der Waals surface area contributed by atoms with E-state index in [0.29, 0.717) is 35.4 Å². The number of aliphatic hydroxyl groups excluding tert-OH is 1. The minimum atomic E-state index is -0.358. The number of rotatable bonds is 3. The molecule has 4 rings (SSSR count). The van der Waals surface area contributed by atoms with Gasteiger partial charge in [-0.15, -0.1) is 0 Å². The predicted octanol–water partition coefficient (Wildman–Crippen LogP) is 3.62. The number of pyridine rings is 1. The fourth-order valence-electron chi connectivity index (χ4n) is 3.29. The third kappa shape index (κ3) is 2.74. The van der Waals surface area contributed by atoms with Gasteiger partial charge >= 0.3 is 0 Å². The van der Waals surface area contributed by atoms with Crippen LogP contribution in [-0.2, 0) is 0 Å². The van der Waals surface area contributed by atoms with Crippen molar-refractivity contribution in [2.75, 3.05) is 25.1 Å². The lowest BCUT2D eigenvalue weighted by Crippen LogP contribution is -2.51. The summed E-state index contributed by atoms with van der Waals surface area (Å²) in [5.41, 5.74) is 1.88. The van der Waals surface area contributed by atoms with E-state index in [9.17, 15) is 10.4 Å². The monoisotopic (exact) mass is 365 g/mol. The van der Waals surface area contributed by atoms with Gasteiger partial charge in [0.25, 0.3) is 0 Å². The molecule has 2 aromatic carbocycles. The maximum absolute atomic E-state index is 9.74. The van der Waals surface area contributed by atoms with Crippen LogP contribution >= 0.6 is 11.6 Å². The summed E-state index contributed by atoms with van der Waals surface area (Å²) < 4.78 is 5.39. The molecular weight excluding hydrogens is 350 g/mol. The molecule has 2 heterocycles. The first-order chi connectivity index (χ1) is 12.6. The highest BCUT2D eigenvalue weighted by atomic mass is 35.5. The third-order valence-electron chi connectivity index (χ3n) is 4.57. The van der Waals surface area contributed by atoms with Gasteiger partial charge in [0.05, 0.1) is 13.2 Å². The van der Waals surface area contributed by atoms with Crippen LogP contribution in [0, 0.1) is 11.3 Å². The number of fused-ring (bicyclic) bond motifs is 1. The molecule has 1 aliphatic rings. The normalized spacial score (nSPS) is 14.2. The molecule has 1 N–H and O–H groups in total. The second-order valence-corrected chi connectivity index (χ2v) is 6.69. The zero-order valence-corrected chi connectivity index (χ0v) is 14.9. The van der Waals surface area contributed by atoms with Crippen LogP contribution in [0.4, 0.5) is 5.82 Å². The van der Waals surface area contributed by atoms with Crippen LogP contribution in [0.15, 0.2) is 42.5 Å². The molecule has 0 spiro atoms. The quantitative estimate of drug-likeness (QED) is 0.767. The zero-order valence-electron chi connectivity index (χ0n) is 14.1. The van der Waals surface area contributed by atoms with Crippen LogP contribution in [0.2, 0.25) is 5.02 Å². The highest BCUT2D eigenvalue weighted by Gasteiger charge is 2.28. The number of aromatic nitrogens is 1. The zero-order chi connectivity index (χ0) is 18.3. The van der Waals surface area contributed by atoms with Crippen molar-refractivity contribution in [2.24, 2.45) is 0 Å². The van der Waals surface area contributed by atoms with Crippen molar-refractivity contribution in [3.05, 3.63) is 53.2 Å². The van der Waals surface area contributed by atoms with Crippen LogP contribution in [0.1, 0.15) is 5.69 Å². The number of nitriles is 1. The summed E-state index contributed by atoms with van der Waals surface area (Å²) in [6, 6.07) is 15.3. The van der Waals surface area contributed by atoms with Gasteiger partial charge in [0.2, 0.25) is 0 Å². The first-order valence-corrected chi connectivity index (χ1v) is 8.59. The summed E-state index contributed by atoms with van der Waals surface area (Å²) in [4.78, 5) is 6.58. The molecule has 26 heavy (non-hydrogen) atoms. The van der Waals surface area contributed by atoms with E-state index in [1.54, 1.807) is 13.2 Å². The predicted molar refractivity (Wildman–Crippen MR) is 102 cm³/mol. The standard InChI is InChI=1S/C20H16ClN3O2/c1-26-15-5-6-16-17(8-15)19(12-3-2-4-13(21)7-12)18(9-22)23-20(16)24-10-14(25)11-24/h2-8,14,25H,10-11H2,1H3. The molecule has 1 aliphatic heterocycles. The number of halogens is 1. The Morgan fingerprint density at radius 3 is 2.69 bits per heavy atom. The van der Waals surface area contributed by atoms with Crippen molar-refractivity contribution in [3.8, 4) is 22.9 Å². The second-order valence-electron chi connectivity index (χ2n) is 6.25. The van der Waals surface area contributed by atoms with E-state index in [1.165, 1.54) is 0 Å². The fraction of sp³-hybridized carbons (Fsp3) is 0.200. The molecule has 6 heteroatoms. The highest BCUT2D eigenvalue weighted by molar-refractivity contribution is 6.31. The minimum absolute atomic E-state index is 0.324. The van der Waals surface area contributed by atoms with E-state index in [-0.39, 0.29) is 6.10 Å². The largest absolute Gasteiger partial charge is 0.497 e. The smallest absolute Gasteiger partial charge is 0.151 e. The molecule has 0 atom stereocenters. The van der Waals surface area contributed by atoms with E-state index in [0.717, 1.165) is 21.9 Å². The molecule has 1 fully saturated rings. The maximum Gasteiger partial charge on any atom is 0.151 e. The number of methoxy groups -OCH3 is 1.